The predicted octanol–water partition coefficient (Wildman–Crippen LogP) is 2.44. The molecule has 1 heterocycles. The minimum absolute atomic E-state index is 0.233. The molecule has 2 N–H and O–H groups in total. The molecular formula is C16H22N2. The van der Waals surface area contributed by atoms with E-state index in [0.717, 1.165) is 12.8 Å². The van der Waals surface area contributed by atoms with Crippen LogP contribution in [0.1, 0.15) is 30.4 Å². The van der Waals surface area contributed by atoms with Gasteiger partial charge in [0.2, 0.25) is 0 Å². The van der Waals surface area contributed by atoms with Crippen LogP contribution in [0.25, 0.3) is 0 Å². The summed E-state index contributed by atoms with van der Waals surface area (Å²) in [5.41, 5.74) is 9.32. The van der Waals surface area contributed by atoms with Crippen LogP contribution in [0, 0.1) is 0 Å². The fraction of sp³-hybridized carbons (Fsp3) is 0.500. The van der Waals surface area contributed by atoms with Crippen molar-refractivity contribution in [2.24, 2.45) is 5.73 Å². The third-order valence-corrected chi connectivity index (χ3v) is 4.59. The fourth-order valence-corrected chi connectivity index (χ4v) is 3.72. The van der Waals surface area contributed by atoms with E-state index >= 15 is 0 Å². The van der Waals surface area contributed by atoms with Crippen molar-refractivity contribution in [1.82, 2.24) is 4.90 Å². The molecule has 1 saturated heterocycles. The van der Waals surface area contributed by atoms with Crippen LogP contribution in [-0.4, -0.2) is 24.0 Å². The quantitative estimate of drug-likeness (QED) is 0.825. The van der Waals surface area contributed by atoms with Gasteiger partial charge in [0, 0.05) is 6.04 Å². The smallest absolute Gasteiger partial charge is 0.0608 e. The molecular weight excluding hydrogens is 220 g/mol. The van der Waals surface area contributed by atoms with E-state index in [0.29, 0.717) is 6.04 Å². The Kier molecular flexibility index (Phi) is 3.00. The van der Waals surface area contributed by atoms with E-state index in [1.54, 1.807) is 0 Å². The van der Waals surface area contributed by atoms with Crippen molar-refractivity contribution in [3.63, 3.8) is 0 Å². The molecule has 0 bridgehead atoms. The number of benzene rings is 1. The minimum Gasteiger partial charge on any atom is -0.320 e. The molecule has 3 rings (SSSR count). The van der Waals surface area contributed by atoms with Crippen molar-refractivity contribution in [2.45, 2.75) is 37.3 Å². The normalized spacial score (nSPS) is 31.5. The van der Waals surface area contributed by atoms with Crippen molar-refractivity contribution < 1.29 is 0 Å². The molecule has 2 unspecified atom stereocenters. The maximum absolute atomic E-state index is 6.79. The molecule has 0 aromatic heterocycles. The number of fused-ring (bicyclic) bond motifs is 1. The van der Waals surface area contributed by atoms with Gasteiger partial charge in [-0.1, -0.05) is 30.3 Å². The van der Waals surface area contributed by atoms with Gasteiger partial charge < -0.3 is 5.73 Å². The van der Waals surface area contributed by atoms with Gasteiger partial charge in [-0.3, -0.25) is 4.90 Å². The number of hydrogen-bond donors (Lipinski definition) is 1. The lowest BCUT2D eigenvalue weighted by Gasteiger charge is -2.37. The highest BCUT2D eigenvalue weighted by atomic mass is 15.2. The predicted molar refractivity (Wildman–Crippen MR) is 75.4 cm³/mol. The summed E-state index contributed by atoms with van der Waals surface area (Å²) >= 11 is 0. The fourth-order valence-electron chi connectivity index (χ4n) is 3.72. The molecule has 1 aromatic carbocycles. The Hall–Kier alpha value is -1.12. The van der Waals surface area contributed by atoms with Crippen molar-refractivity contribution in [2.75, 3.05) is 13.1 Å². The molecule has 1 aromatic rings. The third-order valence-electron chi connectivity index (χ3n) is 4.59. The zero-order valence-corrected chi connectivity index (χ0v) is 10.9. The van der Waals surface area contributed by atoms with Crippen LogP contribution in [0.15, 0.2) is 36.9 Å². The van der Waals surface area contributed by atoms with E-state index in [-0.39, 0.29) is 5.54 Å². The average Bonchev–Trinajstić information content (AvgIpc) is 2.97. The summed E-state index contributed by atoms with van der Waals surface area (Å²) in [6.07, 6.45) is 6.57. The minimum atomic E-state index is -0.233. The van der Waals surface area contributed by atoms with Gasteiger partial charge >= 0.3 is 0 Å². The lowest BCUT2D eigenvalue weighted by molar-refractivity contribution is 0.161. The average molecular weight is 242 g/mol. The number of rotatable bonds is 3. The molecule has 1 aliphatic heterocycles. The molecule has 2 atom stereocenters. The highest BCUT2D eigenvalue weighted by molar-refractivity contribution is 5.42. The van der Waals surface area contributed by atoms with Gasteiger partial charge in [-0.15, -0.1) is 6.58 Å². The number of nitrogens with zero attached hydrogens (tertiary/aromatic N) is 1. The summed E-state index contributed by atoms with van der Waals surface area (Å²) in [7, 11) is 0. The zero-order chi connectivity index (χ0) is 12.6. The molecule has 0 saturated carbocycles. The van der Waals surface area contributed by atoms with Crippen LogP contribution < -0.4 is 5.73 Å². The second-order valence-electron chi connectivity index (χ2n) is 5.65. The van der Waals surface area contributed by atoms with E-state index in [4.69, 9.17) is 5.73 Å². The van der Waals surface area contributed by atoms with Crippen LogP contribution in [0.4, 0.5) is 0 Å². The summed E-state index contributed by atoms with van der Waals surface area (Å²) < 4.78 is 0. The monoisotopic (exact) mass is 242 g/mol. The first kappa shape index (κ1) is 11.9. The lowest BCUT2D eigenvalue weighted by Crippen LogP contribution is -2.52. The maximum atomic E-state index is 6.79. The van der Waals surface area contributed by atoms with Gasteiger partial charge in [0.05, 0.1) is 5.54 Å². The Morgan fingerprint density at radius 3 is 2.78 bits per heavy atom. The number of likely N-dealkylation sites (tertiary alicyclic amines) is 1. The summed E-state index contributed by atoms with van der Waals surface area (Å²) in [6, 6.07) is 9.12. The highest BCUT2D eigenvalue weighted by Crippen LogP contribution is 2.41. The largest absolute Gasteiger partial charge is 0.320 e. The number of hydrogen-bond acceptors (Lipinski definition) is 2. The molecule has 0 amide bonds. The van der Waals surface area contributed by atoms with E-state index in [9.17, 15) is 0 Å². The van der Waals surface area contributed by atoms with Crippen LogP contribution in [0.3, 0.4) is 0 Å². The standard InChI is InChI=1S/C16H22N2/c1-2-9-16(17)14-8-4-3-7-13(14)12-15(16)18-10-5-6-11-18/h2-4,7-8,15H,1,5-6,9-12,17H2. The van der Waals surface area contributed by atoms with Gasteiger partial charge in [0.15, 0.2) is 0 Å². The van der Waals surface area contributed by atoms with Crippen molar-refractivity contribution in [3.8, 4) is 0 Å². The van der Waals surface area contributed by atoms with E-state index in [1.807, 2.05) is 6.08 Å². The maximum Gasteiger partial charge on any atom is 0.0608 e. The highest BCUT2D eigenvalue weighted by Gasteiger charge is 2.45. The number of nitrogens with two attached hydrogens (primary N) is 1. The summed E-state index contributed by atoms with van der Waals surface area (Å²) in [4.78, 5) is 2.59. The second kappa shape index (κ2) is 4.52. The first-order valence-corrected chi connectivity index (χ1v) is 6.98. The SMILES string of the molecule is C=CCC1(N)c2ccccc2CC1N1CCCC1. The van der Waals surface area contributed by atoms with Crippen LogP contribution in [0.5, 0.6) is 0 Å². The Morgan fingerprint density at radius 2 is 2.06 bits per heavy atom. The van der Waals surface area contributed by atoms with Crippen LogP contribution >= 0.6 is 0 Å². The first-order valence-electron chi connectivity index (χ1n) is 6.98. The van der Waals surface area contributed by atoms with Crippen LogP contribution in [-0.2, 0) is 12.0 Å². The summed E-state index contributed by atoms with van der Waals surface area (Å²) in [5, 5.41) is 0. The van der Waals surface area contributed by atoms with E-state index < -0.39 is 0 Å². The van der Waals surface area contributed by atoms with Gasteiger partial charge in [-0.05, 0) is 49.9 Å². The van der Waals surface area contributed by atoms with Gasteiger partial charge in [-0.2, -0.15) is 0 Å². The molecule has 2 heteroatoms. The molecule has 2 nitrogen and oxygen atoms in total. The Labute approximate surface area is 109 Å². The molecule has 0 radical (unpaired) electrons. The molecule has 96 valence electrons. The van der Waals surface area contributed by atoms with E-state index in [2.05, 4.69) is 35.7 Å². The van der Waals surface area contributed by atoms with Crippen molar-refractivity contribution >= 4 is 0 Å². The summed E-state index contributed by atoms with van der Waals surface area (Å²) in [5.74, 6) is 0. The van der Waals surface area contributed by atoms with Gasteiger partial charge in [-0.25, -0.2) is 0 Å². The lowest BCUT2D eigenvalue weighted by atomic mass is 9.85. The van der Waals surface area contributed by atoms with E-state index in [1.165, 1.54) is 37.1 Å². The Morgan fingerprint density at radius 1 is 1.33 bits per heavy atom. The first-order chi connectivity index (χ1) is 8.75. The molecule has 18 heavy (non-hydrogen) atoms. The van der Waals surface area contributed by atoms with Crippen molar-refractivity contribution in [3.05, 3.63) is 48.0 Å². The van der Waals surface area contributed by atoms with Gasteiger partial charge in [0.1, 0.15) is 0 Å². The molecule has 1 aliphatic carbocycles. The van der Waals surface area contributed by atoms with Crippen molar-refractivity contribution in [1.29, 1.82) is 0 Å². The molecule has 2 aliphatic rings. The Balaban J connectivity index is 1.99. The topological polar surface area (TPSA) is 29.3 Å². The molecule has 0 spiro atoms. The molecule has 1 fully saturated rings. The van der Waals surface area contributed by atoms with Gasteiger partial charge in [0.25, 0.3) is 0 Å². The Bertz CT molecular complexity index is 448. The zero-order valence-electron chi connectivity index (χ0n) is 10.9. The third kappa shape index (κ3) is 1.72. The van der Waals surface area contributed by atoms with Crippen LogP contribution in [0.2, 0.25) is 0 Å². The second-order valence-corrected chi connectivity index (χ2v) is 5.65. The summed E-state index contributed by atoms with van der Waals surface area (Å²) in [6.45, 7) is 6.31.